The maximum absolute atomic E-state index is 9.36. The molecule has 203 valence electrons. The van der Waals surface area contributed by atoms with Crippen molar-refractivity contribution in [2.24, 2.45) is 0 Å². The topological polar surface area (TPSA) is 54.0 Å². The number of hydrogen-bond acceptors (Lipinski definition) is 3. The molecule has 42 heavy (non-hydrogen) atoms. The van der Waals surface area contributed by atoms with Crippen molar-refractivity contribution in [3.63, 3.8) is 0 Å². The molecule has 0 unspecified atom stereocenters. The van der Waals surface area contributed by atoms with Gasteiger partial charge in [-0.15, -0.1) is 47.5 Å². The summed E-state index contributed by atoms with van der Waals surface area (Å²) in [7, 11) is 0. The van der Waals surface area contributed by atoms with Crippen LogP contribution in [0.3, 0.4) is 0 Å². The molecular formula is C37H24IrN4-2. The van der Waals surface area contributed by atoms with Gasteiger partial charge in [0.15, 0.2) is 0 Å². The number of aryl methyl sites for hydroxylation is 2. The molecule has 0 amide bonds. The third-order valence-electron chi connectivity index (χ3n) is 7.13. The fourth-order valence-corrected chi connectivity index (χ4v) is 5.27. The van der Waals surface area contributed by atoms with Crippen LogP contribution in [0.1, 0.15) is 24.9 Å². The van der Waals surface area contributed by atoms with Crippen LogP contribution in [0.5, 0.6) is 0 Å². The Balaban J connectivity index is 0.000000172. The van der Waals surface area contributed by atoms with Crippen molar-refractivity contribution in [1.29, 1.82) is 5.26 Å². The van der Waals surface area contributed by atoms with Crippen LogP contribution in [0.15, 0.2) is 109 Å². The van der Waals surface area contributed by atoms with Crippen LogP contribution in [0.25, 0.3) is 60.6 Å². The number of nitrogens with zero attached hydrogens (tertiary/aromatic N) is 4. The molecule has 0 fully saturated rings. The van der Waals surface area contributed by atoms with E-state index >= 15 is 0 Å². The number of para-hydroxylation sites is 1. The Kier molecular flexibility index (Phi) is 5.57. The van der Waals surface area contributed by atoms with Crippen LogP contribution >= 0.6 is 0 Å². The number of rotatable bonds is 2. The quantitative estimate of drug-likeness (QED) is 0.168. The summed E-state index contributed by atoms with van der Waals surface area (Å²) >= 11 is 0. The minimum absolute atomic E-state index is 0. The normalized spacial score (nSPS) is 13.6. The minimum atomic E-state index is -2.18. The summed E-state index contributed by atoms with van der Waals surface area (Å²) in [6.45, 7) is -4.34. The van der Waals surface area contributed by atoms with Crippen molar-refractivity contribution in [2.45, 2.75) is 13.7 Å². The third-order valence-corrected chi connectivity index (χ3v) is 7.13. The van der Waals surface area contributed by atoms with Crippen LogP contribution < -0.4 is 0 Å². The van der Waals surface area contributed by atoms with E-state index in [0.29, 0.717) is 16.8 Å². The van der Waals surface area contributed by atoms with E-state index < -0.39 is 13.7 Å². The molecule has 5 heteroatoms. The molecule has 4 heterocycles. The van der Waals surface area contributed by atoms with Crippen LogP contribution in [0, 0.1) is 37.2 Å². The number of hydrogen-bond donors (Lipinski definition) is 0. The van der Waals surface area contributed by atoms with E-state index in [1.807, 2.05) is 42.6 Å². The van der Waals surface area contributed by atoms with E-state index in [0.717, 1.165) is 38.6 Å². The van der Waals surface area contributed by atoms with Gasteiger partial charge in [0.1, 0.15) is 0 Å². The van der Waals surface area contributed by atoms with E-state index in [-0.39, 0.29) is 31.2 Å². The third kappa shape index (κ3) is 4.71. The molecule has 0 N–H and O–H groups in total. The molecule has 4 nitrogen and oxygen atoms in total. The Labute approximate surface area is 266 Å². The van der Waals surface area contributed by atoms with Gasteiger partial charge in [-0.3, -0.25) is 4.98 Å². The molecule has 1 radical (unpaired) electrons. The van der Waals surface area contributed by atoms with Crippen molar-refractivity contribution >= 4 is 38.1 Å². The fourth-order valence-electron chi connectivity index (χ4n) is 5.27. The summed E-state index contributed by atoms with van der Waals surface area (Å²) in [6.07, 6.45) is 3.11. The van der Waals surface area contributed by atoms with Gasteiger partial charge in [-0.25, -0.2) is 0 Å². The summed E-state index contributed by atoms with van der Waals surface area (Å²) in [5.74, 6) is 0. The van der Waals surface area contributed by atoms with Crippen LogP contribution in [-0.2, 0) is 20.1 Å². The Morgan fingerprint density at radius 2 is 1.60 bits per heavy atom. The first-order chi connectivity index (χ1) is 22.5. The molecule has 0 aliphatic carbocycles. The second kappa shape index (κ2) is 11.2. The first-order valence-electron chi connectivity index (χ1n) is 16.0. The van der Waals surface area contributed by atoms with E-state index in [4.69, 9.17) is 8.22 Å². The molecule has 0 spiro atoms. The average Bonchev–Trinajstić information content (AvgIpc) is 3.59. The maximum atomic E-state index is 9.36. The summed E-state index contributed by atoms with van der Waals surface area (Å²) in [5.41, 5.74) is 7.46. The molecule has 0 saturated carbocycles. The van der Waals surface area contributed by atoms with Crippen LogP contribution in [0.2, 0.25) is 0 Å². The zero-order valence-electron chi connectivity index (χ0n) is 28.0. The van der Waals surface area contributed by atoms with Crippen molar-refractivity contribution in [1.82, 2.24) is 14.4 Å². The van der Waals surface area contributed by atoms with Gasteiger partial charge in [0, 0.05) is 57.5 Å². The standard InChI is InChI=1S/C24H12N3.C13H12N.Ir/c25-14-15-8-9-18-20-13-16(21-6-3-4-10-26-21)12-19-17-5-1-2-7-22(17)27(24(19)20)23(18)11-15;1-10-3-6-12(7-4-10)13-8-5-11(2)9-14-13;/h1-11,13H;3-6,8-9H,1-2H3;/q2*-1;/i;1D3,2D3;. The molecular weight excluding hydrogens is 693 g/mol. The van der Waals surface area contributed by atoms with Crippen molar-refractivity contribution in [3.8, 4) is 28.6 Å². The second-order valence-corrected chi connectivity index (χ2v) is 9.65. The fraction of sp³-hybridized carbons (Fsp3) is 0.0541. The van der Waals surface area contributed by atoms with Crippen molar-refractivity contribution in [2.75, 3.05) is 0 Å². The number of nitriles is 1. The van der Waals surface area contributed by atoms with Gasteiger partial charge < -0.3 is 9.38 Å². The first kappa shape index (κ1) is 20.9. The largest absolute Gasteiger partial charge is 0.348 e. The van der Waals surface area contributed by atoms with E-state index in [1.165, 1.54) is 35.2 Å². The van der Waals surface area contributed by atoms with Crippen molar-refractivity contribution < 1.29 is 28.3 Å². The molecule has 4 aromatic carbocycles. The zero-order valence-corrected chi connectivity index (χ0v) is 24.4. The van der Waals surface area contributed by atoms with Crippen LogP contribution in [0.4, 0.5) is 0 Å². The average molecular weight is 723 g/mol. The number of fused-ring (bicyclic) bond motifs is 6. The predicted octanol–water partition coefficient (Wildman–Crippen LogP) is 8.73. The second-order valence-electron chi connectivity index (χ2n) is 9.65. The molecule has 0 bridgehead atoms. The molecule has 0 aliphatic rings. The molecule has 8 rings (SSSR count). The van der Waals surface area contributed by atoms with Crippen molar-refractivity contribution in [3.05, 3.63) is 138 Å². The van der Waals surface area contributed by atoms with Crippen LogP contribution in [-0.4, -0.2) is 14.4 Å². The van der Waals surface area contributed by atoms with E-state index in [1.54, 1.807) is 12.1 Å². The van der Waals surface area contributed by atoms with Gasteiger partial charge >= 0.3 is 0 Å². The van der Waals surface area contributed by atoms with E-state index in [2.05, 4.69) is 62.9 Å². The van der Waals surface area contributed by atoms with E-state index in [9.17, 15) is 5.26 Å². The monoisotopic (exact) mass is 723 g/mol. The Hall–Kier alpha value is -4.88. The number of aromatic nitrogens is 3. The summed E-state index contributed by atoms with van der Waals surface area (Å²) in [6, 6.07) is 38.7. The van der Waals surface area contributed by atoms with Gasteiger partial charge in [0.25, 0.3) is 0 Å². The minimum Gasteiger partial charge on any atom is -0.348 e. The summed E-state index contributed by atoms with van der Waals surface area (Å²) < 4.78 is 45.9. The molecule has 4 aromatic heterocycles. The molecule has 0 saturated heterocycles. The smallest absolute Gasteiger partial charge is 0.0992 e. The summed E-state index contributed by atoms with van der Waals surface area (Å²) in [4.78, 5) is 8.59. The van der Waals surface area contributed by atoms with Gasteiger partial charge in [-0.1, -0.05) is 77.1 Å². The SMILES string of the molecule is N#Cc1ccc2c3cc(-c4ccccn4)[c-]c4c5ccccc5n(c2c1)c43.[2H]C([2H])([2H])c1c[c-]c(-c2ccc(C([2H])([2H])[2H])cn2)cc1.[Ir]. The molecule has 8 aromatic rings. The molecule has 0 aliphatic heterocycles. The predicted molar refractivity (Wildman–Crippen MR) is 166 cm³/mol. The van der Waals surface area contributed by atoms with Gasteiger partial charge in [-0.2, -0.15) is 5.26 Å². The Bertz CT molecular complexity index is 2370. The zero-order chi connectivity index (χ0) is 32.9. The maximum Gasteiger partial charge on any atom is 0.0992 e. The molecule has 0 atom stereocenters. The Morgan fingerprint density at radius 3 is 2.33 bits per heavy atom. The van der Waals surface area contributed by atoms with Gasteiger partial charge in [-0.05, 0) is 53.3 Å². The number of benzene rings is 4. The number of pyridine rings is 2. The summed E-state index contributed by atoms with van der Waals surface area (Å²) in [5, 5.41) is 13.9. The van der Waals surface area contributed by atoms with Gasteiger partial charge in [0.05, 0.1) is 11.6 Å². The Morgan fingerprint density at radius 1 is 0.762 bits per heavy atom. The first-order valence-corrected chi connectivity index (χ1v) is 13.0. The van der Waals surface area contributed by atoms with Gasteiger partial charge in [0.2, 0.25) is 0 Å².